The molecule has 0 amide bonds. The molecule has 0 radical (unpaired) electrons. The van der Waals surface area contributed by atoms with Crippen molar-refractivity contribution in [3.63, 3.8) is 0 Å². The molecule has 0 aromatic heterocycles. The average molecular weight is 621 g/mol. The molecular formula is C32H36N4O5S2. The van der Waals surface area contributed by atoms with Gasteiger partial charge in [0, 0.05) is 23.8 Å². The van der Waals surface area contributed by atoms with Gasteiger partial charge in [-0.1, -0.05) is 47.5 Å². The monoisotopic (exact) mass is 620 g/mol. The highest BCUT2D eigenvalue weighted by Crippen LogP contribution is 2.35. The topological polar surface area (TPSA) is 165 Å². The van der Waals surface area contributed by atoms with Gasteiger partial charge in [0.15, 0.2) is 0 Å². The Morgan fingerprint density at radius 3 is 1.72 bits per heavy atom. The van der Waals surface area contributed by atoms with Gasteiger partial charge in [0.2, 0.25) is 20.0 Å². The highest BCUT2D eigenvalue weighted by Gasteiger charge is 2.34. The van der Waals surface area contributed by atoms with Gasteiger partial charge in [0.1, 0.15) is 0 Å². The molecule has 0 aliphatic heterocycles. The normalized spacial score (nSPS) is 19.3. The summed E-state index contributed by atoms with van der Waals surface area (Å²) in [7, 11) is -7.21. The second kappa shape index (κ2) is 12.1. The lowest BCUT2D eigenvalue weighted by Gasteiger charge is -2.18. The minimum absolute atomic E-state index is 0.183. The molecule has 0 saturated carbocycles. The van der Waals surface area contributed by atoms with Crippen LogP contribution in [0.4, 0.5) is 11.4 Å². The third-order valence-corrected chi connectivity index (χ3v) is 10.8. The van der Waals surface area contributed by atoms with Crippen LogP contribution in [-0.4, -0.2) is 28.0 Å². The Balaban J connectivity index is 0.000000171. The van der Waals surface area contributed by atoms with Crippen molar-refractivity contribution in [2.45, 2.75) is 61.1 Å². The number of aryl methyl sites for hydroxylation is 3. The Morgan fingerprint density at radius 2 is 1.16 bits per heavy atom. The van der Waals surface area contributed by atoms with E-state index in [0.29, 0.717) is 22.7 Å². The van der Waals surface area contributed by atoms with E-state index in [9.17, 15) is 21.9 Å². The van der Waals surface area contributed by atoms with Gasteiger partial charge in [-0.05, 0) is 97.5 Å². The summed E-state index contributed by atoms with van der Waals surface area (Å²) in [6.45, 7) is 3.82. The first-order chi connectivity index (χ1) is 20.3. The zero-order chi connectivity index (χ0) is 30.9. The van der Waals surface area contributed by atoms with E-state index in [1.807, 2.05) is 38.1 Å². The first-order valence-electron chi connectivity index (χ1n) is 13.9. The molecule has 4 aromatic rings. The molecule has 7 N–H and O–H groups in total. The second-order valence-electron chi connectivity index (χ2n) is 11.1. The number of hydrogen-bond donors (Lipinski definition) is 5. The van der Waals surface area contributed by atoms with Crippen LogP contribution in [-0.2, 0) is 32.9 Å². The zero-order valence-electron chi connectivity index (χ0n) is 24.0. The fourth-order valence-electron chi connectivity index (χ4n) is 5.45. The first-order valence-corrected chi connectivity index (χ1v) is 16.9. The number of nitrogens with two attached hydrogens (primary N) is 2. The molecule has 0 spiro atoms. The Kier molecular flexibility index (Phi) is 8.64. The molecule has 9 nitrogen and oxygen atoms in total. The summed E-state index contributed by atoms with van der Waals surface area (Å²) < 4.78 is 55.3. The molecule has 0 saturated heterocycles. The molecule has 0 bridgehead atoms. The van der Waals surface area contributed by atoms with E-state index >= 15 is 0 Å². The summed E-state index contributed by atoms with van der Waals surface area (Å²) in [5, 5.41) is 10.2. The van der Waals surface area contributed by atoms with Gasteiger partial charge in [-0.3, -0.25) is 0 Å². The Hall–Kier alpha value is -3.74. The standard InChI is InChI=1S/C16H18N2O3S.C16H18N2O2S/c1-10-2-6-13(7-3-10)22(20,21)18-16-14-9-12(17)5-4-11(14)8-15(16)19;1-11-2-7-14(8-3-11)21(19,20)18-16-9-5-12-4-6-13(17)10-15(12)16/h2-7,9,15-16,18-19H,8,17H2,1H3;2-4,6-8,10,16,18H,5,9,17H2,1H3/t15-,16-;/m1./s1. The van der Waals surface area contributed by atoms with Crippen molar-refractivity contribution >= 4 is 31.4 Å². The third-order valence-electron chi connectivity index (χ3n) is 7.81. The van der Waals surface area contributed by atoms with Crippen LogP contribution in [0.25, 0.3) is 0 Å². The van der Waals surface area contributed by atoms with E-state index in [1.54, 1.807) is 60.7 Å². The minimum atomic E-state index is -3.70. The fourth-order valence-corrected chi connectivity index (χ4v) is 7.95. The van der Waals surface area contributed by atoms with Gasteiger partial charge < -0.3 is 16.6 Å². The molecule has 11 heteroatoms. The van der Waals surface area contributed by atoms with E-state index in [1.165, 1.54) is 5.56 Å². The van der Waals surface area contributed by atoms with Crippen LogP contribution in [0.5, 0.6) is 0 Å². The number of aliphatic hydroxyl groups is 1. The molecule has 2 aliphatic carbocycles. The largest absolute Gasteiger partial charge is 0.399 e. The predicted octanol–water partition coefficient (Wildman–Crippen LogP) is 4.06. The average Bonchev–Trinajstić information content (AvgIpc) is 3.48. The lowest BCUT2D eigenvalue weighted by atomic mass is 10.1. The molecule has 3 atom stereocenters. The highest BCUT2D eigenvalue weighted by atomic mass is 32.2. The van der Waals surface area contributed by atoms with Gasteiger partial charge >= 0.3 is 0 Å². The fraction of sp³-hybridized carbons (Fsp3) is 0.250. The number of nitrogens with one attached hydrogen (secondary N) is 2. The lowest BCUT2D eigenvalue weighted by Crippen LogP contribution is -2.33. The summed E-state index contributed by atoms with van der Waals surface area (Å²) in [6, 6.07) is 23.6. The van der Waals surface area contributed by atoms with Crippen molar-refractivity contribution in [1.29, 1.82) is 0 Å². The SMILES string of the molecule is Cc1ccc(S(=O)(=O)NC2CCc3ccc(N)cc32)cc1.Cc1ccc(S(=O)(=O)N[C@@H]2c3cc(N)ccc3C[C@H]2O)cc1. The lowest BCUT2D eigenvalue weighted by molar-refractivity contribution is 0.151. The van der Waals surface area contributed by atoms with Crippen molar-refractivity contribution in [1.82, 2.24) is 9.44 Å². The maximum absolute atomic E-state index is 12.5. The molecule has 226 valence electrons. The number of nitrogen functional groups attached to an aromatic ring is 2. The van der Waals surface area contributed by atoms with E-state index < -0.39 is 32.2 Å². The molecule has 1 unspecified atom stereocenters. The molecule has 4 aromatic carbocycles. The van der Waals surface area contributed by atoms with Gasteiger partial charge in [-0.15, -0.1) is 0 Å². The predicted molar refractivity (Wildman–Crippen MR) is 168 cm³/mol. The highest BCUT2D eigenvalue weighted by molar-refractivity contribution is 7.89. The number of rotatable bonds is 6. The van der Waals surface area contributed by atoms with Crippen LogP contribution < -0.4 is 20.9 Å². The van der Waals surface area contributed by atoms with Crippen LogP contribution in [0.3, 0.4) is 0 Å². The maximum atomic E-state index is 12.5. The molecule has 43 heavy (non-hydrogen) atoms. The van der Waals surface area contributed by atoms with Crippen LogP contribution in [0.2, 0.25) is 0 Å². The number of fused-ring (bicyclic) bond motifs is 2. The van der Waals surface area contributed by atoms with Gasteiger partial charge in [-0.2, -0.15) is 0 Å². The van der Waals surface area contributed by atoms with Crippen LogP contribution in [0, 0.1) is 13.8 Å². The van der Waals surface area contributed by atoms with Crippen LogP contribution in [0.1, 0.15) is 51.9 Å². The van der Waals surface area contributed by atoms with E-state index in [2.05, 4.69) is 9.44 Å². The summed E-state index contributed by atoms with van der Waals surface area (Å²) in [5.41, 5.74) is 18.6. The number of benzene rings is 4. The number of sulfonamides is 2. The van der Waals surface area contributed by atoms with Gasteiger partial charge in [-0.25, -0.2) is 26.3 Å². The molecule has 2 aliphatic rings. The third kappa shape index (κ3) is 6.92. The smallest absolute Gasteiger partial charge is 0.241 e. The van der Waals surface area contributed by atoms with Gasteiger partial charge in [0.05, 0.1) is 21.9 Å². The summed E-state index contributed by atoms with van der Waals surface area (Å²) in [5.74, 6) is 0. The van der Waals surface area contributed by atoms with Crippen molar-refractivity contribution in [3.8, 4) is 0 Å². The van der Waals surface area contributed by atoms with Crippen molar-refractivity contribution < 1.29 is 21.9 Å². The first kappa shape index (κ1) is 30.7. The van der Waals surface area contributed by atoms with E-state index in [4.69, 9.17) is 11.5 Å². The number of hydrogen-bond acceptors (Lipinski definition) is 7. The summed E-state index contributed by atoms with van der Waals surface area (Å²) in [6.07, 6.45) is 1.26. The molecular weight excluding hydrogens is 585 g/mol. The minimum Gasteiger partial charge on any atom is -0.399 e. The summed E-state index contributed by atoms with van der Waals surface area (Å²) >= 11 is 0. The molecule has 6 rings (SSSR count). The number of aliphatic hydroxyl groups excluding tert-OH is 1. The molecule has 0 heterocycles. The maximum Gasteiger partial charge on any atom is 0.241 e. The quantitative estimate of drug-likeness (QED) is 0.203. The van der Waals surface area contributed by atoms with Crippen molar-refractivity contribution in [3.05, 3.63) is 118 Å². The Bertz CT molecular complexity index is 1840. The Morgan fingerprint density at radius 1 is 0.674 bits per heavy atom. The van der Waals surface area contributed by atoms with E-state index in [0.717, 1.165) is 40.7 Å². The van der Waals surface area contributed by atoms with Crippen molar-refractivity contribution in [2.75, 3.05) is 11.5 Å². The van der Waals surface area contributed by atoms with Crippen LogP contribution in [0.15, 0.2) is 94.7 Å². The van der Waals surface area contributed by atoms with Crippen molar-refractivity contribution in [2.24, 2.45) is 0 Å². The van der Waals surface area contributed by atoms with Crippen LogP contribution >= 0.6 is 0 Å². The second-order valence-corrected chi connectivity index (χ2v) is 14.6. The number of anilines is 2. The zero-order valence-corrected chi connectivity index (χ0v) is 25.6. The summed E-state index contributed by atoms with van der Waals surface area (Å²) in [4.78, 5) is 0.480. The van der Waals surface area contributed by atoms with Gasteiger partial charge in [0.25, 0.3) is 0 Å². The van der Waals surface area contributed by atoms with E-state index in [-0.39, 0.29) is 10.9 Å². The molecule has 0 fully saturated rings. The Labute approximate surface area is 253 Å².